The van der Waals surface area contributed by atoms with Gasteiger partial charge < -0.3 is 25.7 Å². The van der Waals surface area contributed by atoms with Gasteiger partial charge in [0.1, 0.15) is 18.0 Å². The summed E-state index contributed by atoms with van der Waals surface area (Å²) in [5.41, 5.74) is 3.03. The lowest BCUT2D eigenvalue weighted by molar-refractivity contribution is -0.662. The summed E-state index contributed by atoms with van der Waals surface area (Å²) in [7, 11) is 0. The molecule has 1 aliphatic heterocycles. The molecule has 2 atom stereocenters. The van der Waals surface area contributed by atoms with Crippen LogP contribution in [0, 0.1) is 5.41 Å². The van der Waals surface area contributed by atoms with E-state index in [1.165, 1.54) is 0 Å². The van der Waals surface area contributed by atoms with Crippen molar-refractivity contribution in [2.45, 2.75) is 25.1 Å². The van der Waals surface area contributed by atoms with Crippen LogP contribution in [0.3, 0.4) is 0 Å². The zero-order chi connectivity index (χ0) is 21.6. The maximum Gasteiger partial charge on any atom is 0.293 e. The minimum atomic E-state index is -1.23. The number of anilines is 1. The van der Waals surface area contributed by atoms with Crippen LogP contribution in [-0.2, 0) is 22.4 Å². The first-order valence-corrected chi connectivity index (χ1v) is 10.7. The number of nitrogens with two attached hydrogens (primary N) is 1. The van der Waals surface area contributed by atoms with Crippen molar-refractivity contribution in [1.29, 1.82) is 5.41 Å². The zero-order valence-corrected chi connectivity index (χ0v) is 17.4. The van der Waals surface area contributed by atoms with Crippen LogP contribution in [0.5, 0.6) is 0 Å². The Morgan fingerprint density at radius 2 is 1.71 bits per heavy atom. The van der Waals surface area contributed by atoms with Crippen molar-refractivity contribution in [3.63, 3.8) is 0 Å². The first-order chi connectivity index (χ1) is 15.2. The van der Waals surface area contributed by atoms with Gasteiger partial charge in [0.25, 0.3) is 5.91 Å². The topological polar surface area (TPSA) is 82.0 Å². The number of alkyl halides is 1. The number of quaternary nitrogens is 1. The second-order valence-corrected chi connectivity index (χ2v) is 7.88. The number of benzene rings is 2. The number of fused-ring (bicyclic) bond motifs is 1. The van der Waals surface area contributed by atoms with Crippen molar-refractivity contribution in [1.82, 2.24) is 4.90 Å². The minimum Gasteiger partial charge on any atom is -0.479 e. The Bertz CT molecular complexity index is 957. The molecule has 7 heteroatoms. The van der Waals surface area contributed by atoms with Gasteiger partial charge in [-0.05, 0) is 23.3 Å². The third-order valence-electron chi connectivity index (χ3n) is 5.78. The van der Waals surface area contributed by atoms with Crippen LogP contribution >= 0.6 is 0 Å². The van der Waals surface area contributed by atoms with Crippen molar-refractivity contribution in [2.24, 2.45) is 0 Å². The number of carbonyl (C=O) groups excluding carboxylic acids is 1. The summed E-state index contributed by atoms with van der Waals surface area (Å²) in [6.45, 7) is 3.13. The Kier molecular flexibility index (Phi) is 6.62. The number of para-hydroxylation sites is 1. The van der Waals surface area contributed by atoms with Gasteiger partial charge in [0, 0.05) is 24.7 Å². The molecule has 0 bridgehead atoms. The molecule has 1 saturated heterocycles. The van der Waals surface area contributed by atoms with Crippen LogP contribution in [0.4, 0.5) is 10.1 Å². The molecule has 0 aromatic heterocycles. The van der Waals surface area contributed by atoms with Crippen LogP contribution in [0.2, 0.25) is 0 Å². The summed E-state index contributed by atoms with van der Waals surface area (Å²) in [4.78, 5) is 15.2. The summed E-state index contributed by atoms with van der Waals surface area (Å²) in [5, 5.41) is 13.0. The van der Waals surface area contributed by atoms with Gasteiger partial charge in [0.2, 0.25) is 5.76 Å². The fourth-order valence-corrected chi connectivity index (χ4v) is 4.14. The number of nitrogens with one attached hydrogen (secondary N) is 2. The van der Waals surface area contributed by atoms with Gasteiger partial charge >= 0.3 is 0 Å². The number of nitrogens with zero attached hydrogens (tertiary/aromatic N) is 1. The molecule has 0 spiro atoms. The molecule has 1 heterocycles. The monoisotopic (exact) mass is 423 g/mol. The largest absolute Gasteiger partial charge is 0.479 e. The summed E-state index contributed by atoms with van der Waals surface area (Å²) >= 11 is 0. The number of halogens is 1. The summed E-state index contributed by atoms with van der Waals surface area (Å²) in [6, 6.07) is 16.8. The van der Waals surface area contributed by atoms with Gasteiger partial charge in [-0.25, -0.2) is 4.39 Å². The van der Waals surface area contributed by atoms with E-state index in [0.717, 1.165) is 30.4 Å². The molecular formula is C24H28FN4O2+. The maximum absolute atomic E-state index is 15.0. The van der Waals surface area contributed by atoms with E-state index in [0.29, 0.717) is 30.9 Å². The van der Waals surface area contributed by atoms with Gasteiger partial charge in [-0.2, -0.15) is 0 Å². The lowest BCUT2D eigenvalue weighted by Crippen LogP contribution is -2.89. The molecule has 162 valence electrons. The molecule has 6 nitrogen and oxygen atoms in total. The highest BCUT2D eigenvalue weighted by Gasteiger charge is 2.33. The highest BCUT2D eigenvalue weighted by Crippen LogP contribution is 2.28. The molecule has 1 aliphatic carbocycles. The molecule has 1 fully saturated rings. The molecule has 2 aliphatic rings. The number of carbonyl (C=O) groups is 1. The van der Waals surface area contributed by atoms with Gasteiger partial charge in [-0.15, -0.1) is 0 Å². The molecule has 0 radical (unpaired) electrons. The molecule has 4 rings (SSSR count). The molecule has 2 unspecified atom stereocenters. The molecule has 2 aromatic carbocycles. The van der Waals surface area contributed by atoms with Crippen LogP contribution in [-0.4, -0.2) is 55.5 Å². The quantitative estimate of drug-likeness (QED) is 0.377. The third-order valence-corrected chi connectivity index (χ3v) is 5.78. The number of hydrogen-bond acceptors (Lipinski definition) is 4. The number of allylic oxidation sites excluding steroid dienone is 1. The number of rotatable bonds is 6. The average molecular weight is 424 g/mol. The van der Waals surface area contributed by atoms with Crippen LogP contribution < -0.4 is 10.6 Å². The maximum atomic E-state index is 15.0. The highest BCUT2D eigenvalue weighted by atomic mass is 19.1. The fraction of sp³-hybridized carbons (Fsp3) is 0.333. The van der Waals surface area contributed by atoms with Gasteiger partial charge in [0.15, 0.2) is 0 Å². The predicted molar refractivity (Wildman–Crippen MR) is 118 cm³/mol. The molecule has 4 N–H and O–H groups in total. The van der Waals surface area contributed by atoms with Crippen molar-refractivity contribution in [3.05, 3.63) is 77.2 Å². The van der Waals surface area contributed by atoms with E-state index in [9.17, 15) is 4.79 Å². The molecule has 31 heavy (non-hydrogen) atoms. The van der Waals surface area contributed by atoms with Gasteiger partial charge in [-0.1, -0.05) is 42.5 Å². The molecule has 2 aromatic rings. The predicted octanol–water partition coefficient (Wildman–Crippen LogP) is 1.89. The molecule has 0 saturated carbocycles. The van der Waals surface area contributed by atoms with E-state index < -0.39 is 18.2 Å². The number of hydrogen-bond donors (Lipinski definition) is 3. The molecule has 1 amide bonds. The highest BCUT2D eigenvalue weighted by molar-refractivity contribution is 6.05. The van der Waals surface area contributed by atoms with E-state index in [-0.39, 0.29) is 12.2 Å². The zero-order valence-electron chi connectivity index (χ0n) is 17.4. The van der Waals surface area contributed by atoms with E-state index >= 15 is 4.39 Å². The lowest BCUT2D eigenvalue weighted by atomic mass is 9.88. The number of amides is 1. The third kappa shape index (κ3) is 4.94. The van der Waals surface area contributed by atoms with Crippen LogP contribution in [0.15, 0.2) is 66.1 Å². The minimum absolute atomic E-state index is 0.00721. The lowest BCUT2D eigenvalue weighted by Gasteiger charge is -2.32. The Labute approximate surface area is 181 Å². The van der Waals surface area contributed by atoms with Crippen molar-refractivity contribution >= 4 is 17.8 Å². The van der Waals surface area contributed by atoms with Crippen molar-refractivity contribution < 1.29 is 19.2 Å². The second kappa shape index (κ2) is 9.75. The van der Waals surface area contributed by atoms with Gasteiger partial charge in [-0.3, -0.25) is 4.79 Å². The number of piperazine rings is 1. The Hall–Kier alpha value is -3.19. The summed E-state index contributed by atoms with van der Waals surface area (Å²) in [6.07, 6.45) is -0.213. The van der Waals surface area contributed by atoms with Crippen LogP contribution in [0.25, 0.3) is 0 Å². The standard InChI is InChI=1S/C24H27FN4O2/c25-20-14-17-6-4-5-7-18(17)15-22(20)31-23(21(16-26)29-12-10-27-11-13-29)24(30)28-19-8-2-1-3-9-19/h1-9,16,20,22,26-27H,10-15H2,(H,28,30)/p+1/b23-21-,26-16?. The SMILES string of the molecule is N=C/C(=C(/OC1Cc2ccccc2CC1F)C(=O)Nc1ccccc1)N1CC[NH2+]CC1. The Balaban J connectivity index is 1.64. The Morgan fingerprint density at radius 1 is 1.06 bits per heavy atom. The smallest absolute Gasteiger partial charge is 0.293 e. The summed E-state index contributed by atoms with van der Waals surface area (Å²) < 4.78 is 21.1. The van der Waals surface area contributed by atoms with Crippen LogP contribution in [0.1, 0.15) is 11.1 Å². The van der Waals surface area contributed by atoms with Crippen molar-refractivity contribution in [3.8, 4) is 0 Å². The number of ether oxygens (including phenoxy) is 1. The first kappa shape index (κ1) is 21.1. The second-order valence-electron chi connectivity index (χ2n) is 7.88. The van der Waals surface area contributed by atoms with E-state index in [1.807, 2.05) is 47.4 Å². The Morgan fingerprint density at radius 3 is 2.39 bits per heavy atom. The van der Waals surface area contributed by atoms with Crippen molar-refractivity contribution in [2.75, 3.05) is 31.5 Å². The van der Waals surface area contributed by atoms with E-state index in [4.69, 9.17) is 10.1 Å². The van der Waals surface area contributed by atoms with E-state index in [2.05, 4.69) is 10.6 Å². The fourth-order valence-electron chi connectivity index (χ4n) is 4.14. The van der Waals surface area contributed by atoms with Gasteiger partial charge in [0.05, 0.1) is 26.2 Å². The summed E-state index contributed by atoms with van der Waals surface area (Å²) in [5.74, 6) is -0.460. The normalized spacial score (nSPS) is 21.5. The molecular weight excluding hydrogens is 395 g/mol. The van der Waals surface area contributed by atoms with E-state index in [1.54, 1.807) is 12.1 Å². The average Bonchev–Trinajstić information content (AvgIpc) is 2.80. The first-order valence-electron chi connectivity index (χ1n) is 10.7.